The van der Waals surface area contributed by atoms with Crippen LogP contribution >= 0.6 is 0 Å². The molecule has 2 rings (SSSR count). The lowest BCUT2D eigenvalue weighted by Gasteiger charge is -2.34. The van der Waals surface area contributed by atoms with Gasteiger partial charge in [0.2, 0.25) is 5.91 Å². The Morgan fingerprint density at radius 2 is 1.96 bits per heavy atom. The lowest BCUT2D eigenvalue weighted by molar-refractivity contribution is -0.134. The number of hydrogen-bond acceptors (Lipinski definition) is 3. The number of hydrogen-bond donors (Lipinski definition) is 1. The molecule has 0 bridgehead atoms. The summed E-state index contributed by atoms with van der Waals surface area (Å²) in [5.41, 5.74) is 1.27. The Hall–Kier alpha value is -1.55. The highest BCUT2D eigenvalue weighted by Crippen LogP contribution is 2.16. The van der Waals surface area contributed by atoms with Crippen LogP contribution in [0.1, 0.15) is 44.6 Å². The third-order valence-corrected chi connectivity index (χ3v) is 4.55. The highest BCUT2D eigenvalue weighted by Gasteiger charge is 2.24. The van der Waals surface area contributed by atoms with Gasteiger partial charge in [-0.1, -0.05) is 19.1 Å². The molecule has 4 nitrogen and oxygen atoms in total. The minimum Gasteiger partial charge on any atom is -0.497 e. The Morgan fingerprint density at radius 3 is 2.57 bits per heavy atom. The molecule has 1 N–H and O–H groups in total. The molecule has 0 saturated carbocycles. The summed E-state index contributed by atoms with van der Waals surface area (Å²) in [7, 11) is 1.68. The number of amides is 1. The third kappa shape index (κ3) is 5.54. The molecule has 1 fully saturated rings. The van der Waals surface area contributed by atoms with Crippen molar-refractivity contribution in [2.24, 2.45) is 0 Å². The van der Waals surface area contributed by atoms with Crippen molar-refractivity contribution in [3.63, 3.8) is 0 Å². The van der Waals surface area contributed by atoms with Crippen LogP contribution in [-0.2, 0) is 11.2 Å². The van der Waals surface area contributed by atoms with Crippen LogP contribution in [0.3, 0.4) is 0 Å². The average molecular weight is 318 g/mol. The average Bonchev–Trinajstić information content (AvgIpc) is 2.61. The van der Waals surface area contributed by atoms with Crippen molar-refractivity contribution in [1.29, 1.82) is 0 Å². The highest BCUT2D eigenvalue weighted by molar-refractivity contribution is 5.76. The minimum atomic E-state index is 0.326. The molecule has 1 aromatic rings. The first kappa shape index (κ1) is 17.8. The summed E-state index contributed by atoms with van der Waals surface area (Å²) in [6, 6.07) is 8.56. The van der Waals surface area contributed by atoms with Gasteiger partial charge in [0.25, 0.3) is 0 Å². The molecular weight excluding hydrogens is 288 g/mol. The number of ether oxygens (including phenoxy) is 1. The fourth-order valence-electron chi connectivity index (χ4n) is 3.25. The maximum absolute atomic E-state index is 12.6. The fraction of sp³-hybridized carbons (Fsp3) is 0.632. The second-order valence-electron chi connectivity index (χ2n) is 6.27. The zero-order valence-electron chi connectivity index (χ0n) is 14.5. The van der Waals surface area contributed by atoms with E-state index in [4.69, 9.17) is 4.74 Å². The van der Waals surface area contributed by atoms with Gasteiger partial charge in [-0.2, -0.15) is 0 Å². The van der Waals surface area contributed by atoms with E-state index in [1.165, 1.54) is 5.56 Å². The molecule has 0 aromatic heterocycles. The first-order valence-corrected chi connectivity index (χ1v) is 8.87. The molecule has 1 aliphatic rings. The van der Waals surface area contributed by atoms with Crippen molar-refractivity contribution < 1.29 is 9.53 Å². The van der Waals surface area contributed by atoms with Crippen molar-refractivity contribution in [3.8, 4) is 5.75 Å². The summed E-state index contributed by atoms with van der Waals surface area (Å²) >= 11 is 0. The molecule has 0 spiro atoms. The smallest absolute Gasteiger partial charge is 0.222 e. The van der Waals surface area contributed by atoms with Crippen molar-refractivity contribution in [2.45, 2.75) is 51.5 Å². The van der Waals surface area contributed by atoms with E-state index in [0.717, 1.165) is 57.5 Å². The maximum atomic E-state index is 12.6. The van der Waals surface area contributed by atoms with E-state index in [1.54, 1.807) is 7.11 Å². The lowest BCUT2D eigenvalue weighted by atomic mass is 10.0. The molecule has 0 radical (unpaired) electrons. The molecule has 0 aliphatic carbocycles. The zero-order valence-corrected chi connectivity index (χ0v) is 14.5. The highest BCUT2D eigenvalue weighted by atomic mass is 16.5. The van der Waals surface area contributed by atoms with Crippen LogP contribution in [0.5, 0.6) is 5.75 Å². The maximum Gasteiger partial charge on any atom is 0.222 e. The van der Waals surface area contributed by atoms with Gasteiger partial charge in [0, 0.05) is 19.0 Å². The molecule has 0 unspecified atom stereocenters. The van der Waals surface area contributed by atoms with E-state index in [2.05, 4.69) is 29.3 Å². The Balaban J connectivity index is 1.80. The molecule has 0 atom stereocenters. The van der Waals surface area contributed by atoms with Gasteiger partial charge in [-0.15, -0.1) is 0 Å². The molecule has 1 aromatic carbocycles. The molecule has 23 heavy (non-hydrogen) atoms. The van der Waals surface area contributed by atoms with Crippen LogP contribution in [-0.4, -0.2) is 43.6 Å². The van der Waals surface area contributed by atoms with E-state index in [-0.39, 0.29) is 0 Å². The number of aryl methyl sites for hydroxylation is 1. The first-order valence-electron chi connectivity index (χ1n) is 8.87. The summed E-state index contributed by atoms with van der Waals surface area (Å²) < 4.78 is 5.17. The normalized spacial score (nSPS) is 15.4. The molecule has 128 valence electrons. The van der Waals surface area contributed by atoms with Crippen LogP contribution in [0.4, 0.5) is 0 Å². The topological polar surface area (TPSA) is 41.6 Å². The molecule has 1 heterocycles. The van der Waals surface area contributed by atoms with Gasteiger partial charge in [0.05, 0.1) is 7.11 Å². The predicted octanol–water partition coefficient (Wildman–Crippen LogP) is 3.01. The van der Waals surface area contributed by atoms with E-state index in [9.17, 15) is 4.79 Å². The van der Waals surface area contributed by atoms with Crippen LogP contribution < -0.4 is 10.1 Å². The second kappa shape index (κ2) is 9.56. The summed E-state index contributed by atoms with van der Waals surface area (Å²) in [5.74, 6) is 1.21. The van der Waals surface area contributed by atoms with E-state index >= 15 is 0 Å². The van der Waals surface area contributed by atoms with Gasteiger partial charge < -0.3 is 15.0 Å². The SMILES string of the molecule is CCCN(C(=O)CCCc1ccc(OC)cc1)C1CCNCC1. The van der Waals surface area contributed by atoms with Gasteiger partial charge in [0.15, 0.2) is 0 Å². The lowest BCUT2D eigenvalue weighted by Crippen LogP contribution is -2.46. The van der Waals surface area contributed by atoms with Crippen molar-refractivity contribution >= 4 is 5.91 Å². The third-order valence-electron chi connectivity index (χ3n) is 4.55. The van der Waals surface area contributed by atoms with Crippen molar-refractivity contribution in [1.82, 2.24) is 10.2 Å². The van der Waals surface area contributed by atoms with Crippen LogP contribution in [0.2, 0.25) is 0 Å². The van der Waals surface area contributed by atoms with Crippen LogP contribution in [0.25, 0.3) is 0 Å². The number of carbonyl (C=O) groups excluding carboxylic acids is 1. The summed E-state index contributed by atoms with van der Waals surface area (Å²) in [6.45, 7) is 5.11. The number of nitrogens with zero attached hydrogens (tertiary/aromatic N) is 1. The van der Waals surface area contributed by atoms with Crippen LogP contribution in [0.15, 0.2) is 24.3 Å². The Kier molecular flexibility index (Phi) is 7.40. The number of rotatable bonds is 8. The van der Waals surface area contributed by atoms with Gasteiger partial charge >= 0.3 is 0 Å². The Labute approximate surface area is 140 Å². The van der Waals surface area contributed by atoms with Gasteiger partial charge in [0.1, 0.15) is 5.75 Å². The van der Waals surface area contributed by atoms with Crippen LogP contribution in [0, 0.1) is 0 Å². The number of carbonyl (C=O) groups is 1. The number of piperidine rings is 1. The monoisotopic (exact) mass is 318 g/mol. The van der Waals surface area contributed by atoms with Crippen molar-refractivity contribution in [3.05, 3.63) is 29.8 Å². The van der Waals surface area contributed by atoms with Gasteiger partial charge in [-0.3, -0.25) is 4.79 Å². The number of methoxy groups -OCH3 is 1. The number of nitrogens with one attached hydrogen (secondary N) is 1. The standard InChI is InChI=1S/C19H30N2O2/c1-3-15-21(17-11-13-20-14-12-17)19(22)6-4-5-16-7-9-18(23-2)10-8-16/h7-10,17,20H,3-6,11-15H2,1-2H3. The first-order chi connectivity index (χ1) is 11.2. The Bertz CT molecular complexity index is 467. The summed E-state index contributed by atoms with van der Waals surface area (Å²) in [4.78, 5) is 14.7. The van der Waals surface area contributed by atoms with Crippen molar-refractivity contribution in [2.75, 3.05) is 26.7 Å². The minimum absolute atomic E-state index is 0.326. The molecule has 1 aliphatic heterocycles. The van der Waals surface area contributed by atoms with Gasteiger partial charge in [-0.05, 0) is 62.9 Å². The molecular formula is C19H30N2O2. The predicted molar refractivity (Wildman–Crippen MR) is 93.8 cm³/mol. The number of benzene rings is 1. The largest absolute Gasteiger partial charge is 0.497 e. The quantitative estimate of drug-likeness (QED) is 0.801. The summed E-state index contributed by atoms with van der Waals surface area (Å²) in [6.07, 6.45) is 5.72. The van der Waals surface area contributed by atoms with E-state index in [1.807, 2.05) is 12.1 Å². The fourth-order valence-corrected chi connectivity index (χ4v) is 3.25. The molecule has 1 saturated heterocycles. The summed E-state index contributed by atoms with van der Waals surface area (Å²) in [5, 5.41) is 3.38. The van der Waals surface area contributed by atoms with Gasteiger partial charge in [-0.25, -0.2) is 0 Å². The van der Waals surface area contributed by atoms with E-state index in [0.29, 0.717) is 18.4 Å². The van der Waals surface area contributed by atoms with E-state index < -0.39 is 0 Å². The zero-order chi connectivity index (χ0) is 16.5. The second-order valence-corrected chi connectivity index (χ2v) is 6.27. The molecule has 4 heteroatoms. The molecule has 1 amide bonds. The Morgan fingerprint density at radius 1 is 1.26 bits per heavy atom.